The van der Waals surface area contributed by atoms with Crippen molar-refractivity contribution in [3.63, 3.8) is 0 Å². The molecule has 0 aromatic carbocycles. The molecule has 0 radical (unpaired) electrons. The van der Waals surface area contributed by atoms with Crippen LogP contribution < -0.4 is 0 Å². The molecule has 98 valence electrons. The first kappa shape index (κ1) is 16.7. The molecule has 0 aliphatic carbocycles. The lowest BCUT2D eigenvalue weighted by Crippen LogP contribution is -1.91. The number of hydrogen-bond donors (Lipinski definition) is 0. The molecule has 0 aliphatic heterocycles. The third kappa shape index (κ3) is 10.6. The topological polar surface area (TPSA) is 0 Å². The van der Waals surface area contributed by atoms with Crippen molar-refractivity contribution in [1.29, 1.82) is 0 Å². The fourth-order valence-corrected chi connectivity index (χ4v) is 2.06. The third-order valence-electron chi connectivity index (χ3n) is 3.03. The van der Waals surface area contributed by atoms with Gasteiger partial charge in [-0.2, -0.15) is 0 Å². The Morgan fingerprint density at radius 3 is 2.53 bits per heavy atom. The first-order valence-corrected chi connectivity index (χ1v) is 7.77. The van der Waals surface area contributed by atoms with E-state index >= 15 is 0 Å². The lowest BCUT2D eigenvalue weighted by atomic mass is 10.00. The van der Waals surface area contributed by atoms with Gasteiger partial charge in [0, 0.05) is 5.33 Å². The Kier molecular flexibility index (Phi) is 10.6. The Balaban J connectivity index is 3.80. The minimum atomic E-state index is 0.781. The van der Waals surface area contributed by atoms with Crippen LogP contribution in [0.1, 0.15) is 53.4 Å². The van der Waals surface area contributed by atoms with E-state index in [0.29, 0.717) is 0 Å². The minimum absolute atomic E-state index is 0.781. The van der Waals surface area contributed by atoms with Crippen molar-refractivity contribution >= 4 is 15.9 Å². The van der Waals surface area contributed by atoms with Gasteiger partial charge in [-0.15, -0.1) is 0 Å². The number of halogens is 1. The minimum Gasteiger partial charge on any atom is -0.0883 e. The van der Waals surface area contributed by atoms with E-state index in [0.717, 1.165) is 11.2 Å². The van der Waals surface area contributed by atoms with Gasteiger partial charge in [0.1, 0.15) is 0 Å². The lowest BCUT2D eigenvalue weighted by Gasteiger charge is -2.06. The van der Waals surface area contributed by atoms with Gasteiger partial charge in [0.15, 0.2) is 0 Å². The second kappa shape index (κ2) is 10.8. The Morgan fingerprint density at radius 1 is 1.24 bits per heavy atom. The molecule has 0 saturated carbocycles. The summed E-state index contributed by atoms with van der Waals surface area (Å²) >= 11 is 3.41. The standard InChI is InChI=1S/C16H27Br/c1-5-14(2)8-6-9-15(3)10-7-11-16(4)12-13-17/h7-8,11-12,15H,5-6,9-10,13H2,1-4H3/b11-7+,14-8+,16-12+. The van der Waals surface area contributed by atoms with Crippen LogP contribution in [0.3, 0.4) is 0 Å². The molecule has 0 bridgehead atoms. The highest BCUT2D eigenvalue weighted by Gasteiger charge is 1.98. The molecule has 0 aliphatic rings. The maximum Gasteiger partial charge on any atom is 0.0217 e. The van der Waals surface area contributed by atoms with Crippen molar-refractivity contribution in [1.82, 2.24) is 0 Å². The highest BCUT2D eigenvalue weighted by molar-refractivity contribution is 9.09. The van der Waals surface area contributed by atoms with Crippen LogP contribution in [0.25, 0.3) is 0 Å². The van der Waals surface area contributed by atoms with E-state index in [1.807, 2.05) is 0 Å². The zero-order valence-electron chi connectivity index (χ0n) is 11.8. The van der Waals surface area contributed by atoms with Gasteiger partial charge in [-0.3, -0.25) is 0 Å². The summed E-state index contributed by atoms with van der Waals surface area (Å²) in [4.78, 5) is 0. The molecule has 17 heavy (non-hydrogen) atoms. The second-order valence-electron chi connectivity index (χ2n) is 4.83. The van der Waals surface area contributed by atoms with Crippen molar-refractivity contribution < 1.29 is 0 Å². The van der Waals surface area contributed by atoms with Crippen molar-refractivity contribution in [3.8, 4) is 0 Å². The quantitative estimate of drug-likeness (QED) is 0.291. The Labute approximate surface area is 116 Å². The van der Waals surface area contributed by atoms with Crippen molar-refractivity contribution in [2.45, 2.75) is 53.4 Å². The first-order chi connectivity index (χ1) is 8.10. The fraction of sp³-hybridized carbons (Fsp3) is 0.625. The highest BCUT2D eigenvalue weighted by atomic mass is 79.9. The monoisotopic (exact) mass is 298 g/mol. The summed E-state index contributed by atoms with van der Waals surface area (Å²) in [6, 6.07) is 0. The molecule has 0 spiro atoms. The van der Waals surface area contributed by atoms with Gasteiger partial charge in [-0.1, -0.05) is 65.2 Å². The molecule has 1 heteroatoms. The van der Waals surface area contributed by atoms with Gasteiger partial charge in [0.05, 0.1) is 0 Å². The summed E-state index contributed by atoms with van der Waals surface area (Å²) in [6.07, 6.45) is 14.0. The molecule has 0 rings (SSSR count). The van der Waals surface area contributed by atoms with Crippen LogP contribution in [0.4, 0.5) is 0 Å². The summed E-state index contributed by atoms with van der Waals surface area (Å²) in [5, 5.41) is 0.944. The van der Waals surface area contributed by atoms with E-state index in [1.165, 1.54) is 36.8 Å². The number of rotatable bonds is 8. The molecular formula is C16H27Br. The van der Waals surface area contributed by atoms with Crippen LogP contribution >= 0.6 is 15.9 Å². The van der Waals surface area contributed by atoms with Crippen LogP contribution in [0.15, 0.2) is 35.5 Å². The predicted octanol–water partition coefficient (Wildman–Crippen LogP) is 6.05. The molecule has 0 aromatic heterocycles. The lowest BCUT2D eigenvalue weighted by molar-refractivity contribution is 0.545. The van der Waals surface area contributed by atoms with Crippen LogP contribution in [-0.2, 0) is 0 Å². The fourth-order valence-electron chi connectivity index (χ4n) is 1.55. The smallest absolute Gasteiger partial charge is 0.0217 e. The zero-order chi connectivity index (χ0) is 13.1. The molecule has 0 N–H and O–H groups in total. The molecule has 0 saturated heterocycles. The second-order valence-corrected chi connectivity index (χ2v) is 5.47. The van der Waals surface area contributed by atoms with Crippen LogP contribution in [0.5, 0.6) is 0 Å². The Hall–Kier alpha value is -0.300. The van der Waals surface area contributed by atoms with Gasteiger partial charge in [0.25, 0.3) is 0 Å². The van der Waals surface area contributed by atoms with E-state index in [2.05, 4.69) is 67.9 Å². The van der Waals surface area contributed by atoms with Crippen molar-refractivity contribution in [3.05, 3.63) is 35.5 Å². The van der Waals surface area contributed by atoms with Gasteiger partial charge >= 0.3 is 0 Å². The van der Waals surface area contributed by atoms with E-state index in [4.69, 9.17) is 0 Å². The van der Waals surface area contributed by atoms with Gasteiger partial charge in [-0.05, 0) is 45.4 Å². The molecule has 1 unspecified atom stereocenters. The van der Waals surface area contributed by atoms with Gasteiger partial charge < -0.3 is 0 Å². The predicted molar refractivity (Wildman–Crippen MR) is 83.8 cm³/mol. The summed E-state index contributed by atoms with van der Waals surface area (Å²) in [5.41, 5.74) is 2.86. The Morgan fingerprint density at radius 2 is 1.94 bits per heavy atom. The first-order valence-electron chi connectivity index (χ1n) is 6.65. The Bertz CT molecular complexity index is 271. The molecule has 0 heterocycles. The van der Waals surface area contributed by atoms with Crippen LogP contribution in [0.2, 0.25) is 0 Å². The summed E-state index contributed by atoms with van der Waals surface area (Å²) in [5.74, 6) is 0.781. The maximum atomic E-state index is 3.41. The van der Waals surface area contributed by atoms with Gasteiger partial charge in [-0.25, -0.2) is 0 Å². The van der Waals surface area contributed by atoms with Crippen molar-refractivity contribution in [2.75, 3.05) is 5.33 Å². The third-order valence-corrected chi connectivity index (χ3v) is 3.35. The van der Waals surface area contributed by atoms with E-state index < -0.39 is 0 Å². The molecular weight excluding hydrogens is 272 g/mol. The number of hydrogen-bond acceptors (Lipinski definition) is 0. The zero-order valence-corrected chi connectivity index (χ0v) is 13.4. The molecule has 0 fully saturated rings. The SMILES string of the molecule is CC/C(C)=C/CCC(C)C/C=C/C(C)=C/CBr. The maximum absolute atomic E-state index is 3.41. The summed E-state index contributed by atoms with van der Waals surface area (Å²) < 4.78 is 0. The number of allylic oxidation sites excluding steroid dienone is 6. The van der Waals surface area contributed by atoms with Crippen LogP contribution in [-0.4, -0.2) is 5.33 Å². The normalized spacial score (nSPS) is 15.6. The molecule has 0 amide bonds. The van der Waals surface area contributed by atoms with Crippen LogP contribution in [0, 0.1) is 5.92 Å². The average molecular weight is 299 g/mol. The molecule has 0 aromatic rings. The van der Waals surface area contributed by atoms with E-state index in [1.54, 1.807) is 0 Å². The largest absolute Gasteiger partial charge is 0.0883 e. The molecule has 0 nitrogen and oxygen atoms in total. The van der Waals surface area contributed by atoms with E-state index in [-0.39, 0.29) is 0 Å². The molecule has 1 atom stereocenters. The summed E-state index contributed by atoms with van der Waals surface area (Å²) in [7, 11) is 0. The van der Waals surface area contributed by atoms with E-state index in [9.17, 15) is 0 Å². The average Bonchev–Trinajstić information content (AvgIpc) is 2.29. The highest BCUT2D eigenvalue weighted by Crippen LogP contribution is 2.13. The van der Waals surface area contributed by atoms with Gasteiger partial charge in [0.2, 0.25) is 0 Å². The summed E-state index contributed by atoms with van der Waals surface area (Å²) in [6.45, 7) is 8.93. The van der Waals surface area contributed by atoms with Crippen molar-refractivity contribution in [2.24, 2.45) is 5.92 Å². The number of alkyl halides is 1.